The lowest BCUT2D eigenvalue weighted by atomic mass is 9.91. The third-order valence-electron chi connectivity index (χ3n) is 3.86. The van der Waals surface area contributed by atoms with Crippen LogP contribution in [-0.4, -0.2) is 36.6 Å². The van der Waals surface area contributed by atoms with Gasteiger partial charge in [-0.05, 0) is 45.3 Å². The molecule has 0 aromatic heterocycles. The van der Waals surface area contributed by atoms with E-state index in [0.717, 1.165) is 0 Å². The summed E-state index contributed by atoms with van der Waals surface area (Å²) in [7, 11) is 0. The third kappa shape index (κ3) is 4.06. The summed E-state index contributed by atoms with van der Waals surface area (Å²) in [6, 6.07) is 0. The van der Waals surface area contributed by atoms with E-state index in [1.165, 1.54) is 64.7 Å². The third-order valence-corrected chi connectivity index (χ3v) is 3.86. The molecule has 1 aliphatic rings. The summed E-state index contributed by atoms with van der Waals surface area (Å²) in [5.41, 5.74) is 0.443. The van der Waals surface area contributed by atoms with Gasteiger partial charge < -0.3 is 10.2 Å². The van der Waals surface area contributed by atoms with Crippen molar-refractivity contribution in [1.29, 1.82) is 0 Å². The average molecular weight is 226 g/mol. The molecule has 0 radical (unpaired) electrons. The first kappa shape index (κ1) is 14.0. The molecule has 0 bridgehead atoms. The molecule has 1 N–H and O–H groups in total. The van der Waals surface area contributed by atoms with Gasteiger partial charge in [0.05, 0.1) is 0 Å². The second-order valence-electron chi connectivity index (χ2n) is 5.28. The summed E-state index contributed by atoms with van der Waals surface area (Å²) >= 11 is 0. The second-order valence-corrected chi connectivity index (χ2v) is 5.28. The highest BCUT2D eigenvalue weighted by Gasteiger charge is 2.33. The molecule has 2 nitrogen and oxygen atoms in total. The van der Waals surface area contributed by atoms with Crippen LogP contribution in [0.2, 0.25) is 0 Å². The molecule has 1 rings (SSSR count). The molecule has 1 heterocycles. The van der Waals surface area contributed by atoms with Crippen molar-refractivity contribution in [2.75, 3.05) is 26.2 Å². The quantitative estimate of drug-likeness (QED) is 0.684. The smallest absolute Gasteiger partial charge is 0.0309 e. The van der Waals surface area contributed by atoms with E-state index < -0.39 is 0 Å². The van der Waals surface area contributed by atoms with Crippen LogP contribution in [0.4, 0.5) is 0 Å². The lowest BCUT2D eigenvalue weighted by Gasteiger charge is -2.35. The van der Waals surface area contributed by atoms with Crippen molar-refractivity contribution in [2.45, 2.75) is 64.8 Å². The Balaban J connectivity index is 2.45. The van der Waals surface area contributed by atoms with E-state index >= 15 is 0 Å². The van der Waals surface area contributed by atoms with Crippen LogP contribution in [0.1, 0.15) is 59.3 Å². The van der Waals surface area contributed by atoms with Crippen molar-refractivity contribution < 1.29 is 0 Å². The second kappa shape index (κ2) is 7.29. The Morgan fingerprint density at radius 1 is 1.19 bits per heavy atom. The van der Waals surface area contributed by atoms with Crippen molar-refractivity contribution in [3.8, 4) is 0 Å². The topological polar surface area (TPSA) is 15.3 Å². The monoisotopic (exact) mass is 226 g/mol. The minimum atomic E-state index is 0.443. The first-order chi connectivity index (χ1) is 7.76. The summed E-state index contributed by atoms with van der Waals surface area (Å²) in [4.78, 5) is 2.64. The molecule has 16 heavy (non-hydrogen) atoms. The fourth-order valence-corrected chi connectivity index (χ4v) is 2.93. The van der Waals surface area contributed by atoms with E-state index in [0.29, 0.717) is 5.54 Å². The Bertz CT molecular complexity index is 174. The molecule has 0 aliphatic carbocycles. The standard InChI is InChI=1S/C14H30N2/c1-4-7-12-16(6-3)13-14(9-5-2)10-8-11-15-14/h15H,4-13H2,1-3H3. The zero-order valence-corrected chi connectivity index (χ0v) is 11.5. The molecule has 1 atom stereocenters. The van der Waals surface area contributed by atoms with Gasteiger partial charge in [-0.15, -0.1) is 0 Å². The van der Waals surface area contributed by atoms with Crippen molar-refractivity contribution in [3.05, 3.63) is 0 Å². The van der Waals surface area contributed by atoms with Gasteiger partial charge in [0.25, 0.3) is 0 Å². The molecular weight excluding hydrogens is 196 g/mol. The fourth-order valence-electron chi connectivity index (χ4n) is 2.93. The normalized spacial score (nSPS) is 25.5. The summed E-state index contributed by atoms with van der Waals surface area (Å²) in [6.45, 7) is 11.9. The summed E-state index contributed by atoms with van der Waals surface area (Å²) in [5.74, 6) is 0. The van der Waals surface area contributed by atoms with Gasteiger partial charge in [-0.1, -0.05) is 33.6 Å². The molecule has 1 unspecified atom stereocenters. The van der Waals surface area contributed by atoms with Crippen LogP contribution < -0.4 is 5.32 Å². The van der Waals surface area contributed by atoms with Crippen LogP contribution in [-0.2, 0) is 0 Å². The van der Waals surface area contributed by atoms with Gasteiger partial charge in [-0.2, -0.15) is 0 Å². The maximum Gasteiger partial charge on any atom is 0.0309 e. The van der Waals surface area contributed by atoms with Gasteiger partial charge in [0.1, 0.15) is 0 Å². The Labute approximate surface area is 102 Å². The fraction of sp³-hybridized carbons (Fsp3) is 1.00. The lowest BCUT2D eigenvalue weighted by molar-refractivity contribution is 0.188. The molecule has 0 spiro atoms. The predicted molar refractivity (Wildman–Crippen MR) is 71.9 cm³/mol. The number of nitrogens with zero attached hydrogens (tertiary/aromatic N) is 1. The summed E-state index contributed by atoms with van der Waals surface area (Å²) in [6.07, 6.45) is 8.05. The van der Waals surface area contributed by atoms with Crippen molar-refractivity contribution >= 4 is 0 Å². The van der Waals surface area contributed by atoms with Gasteiger partial charge in [-0.3, -0.25) is 0 Å². The molecule has 0 aromatic carbocycles. The first-order valence-corrected chi connectivity index (χ1v) is 7.23. The first-order valence-electron chi connectivity index (χ1n) is 7.23. The van der Waals surface area contributed by atoms with E-state index in [-0.39, 0.29) is 0 Å². The minimum absolute atomic E-state index is 0.443. The summed E-state index contributed by atoms with van der Waals surface area (Å²) in [5, 5.41) is 3.77. The van der Waals surface area contributed by atoms with Crippen molar-refractivity contribution in [3.63, 3.8) is 0 Å². The van der Waals surface area contributed by atoms with Crippen LogP contribution in [0.25, 0.3) is 0 Å². The largest absolute Gasteiger partial charge is 0.310 e. The molecule has 0 amide bonds. The van der Waals surface area contributed by atoms with Gasteiger partial charge >= 0.3 is 0 Å². The van der Waals surface area contributed by atoms with E-state index in [1.54, 1.807) is 0 Å². The highest BCUT2D eigenvalue weighted by Crippen LogP contribution is 2.25. The number of unbranched alkanes of at least 4 members (excludes halogenated alkanes) is 1. The molecule has 0 aromatic rings. The van der Waals surface area contributed by atoms with Crippen LogP contribution in [0.15, 0.2) is 0 Å². The zero-order chi connectivity index (χ0) is 11.9. The Hall–Kier alpha value is -0.0800. The molecule has 1 saturated heterocycles. The van der Waals surface area contributed by atoms with Crippen molar-refractivity contribution in [1.82, 2.24) is 10.2 Å². The zero-order valence-electron chi connectivity index (χ0n) is 11.5. The van der Waals surface area contributed by atoms with Gasteiger partial charge in [-0.25, -0.2) is 0 Å². The molecular formula is C14H30N2. The summed E-state index contributed by atoms with van der Waals surface area (Å²) < 4.78 is 0. The Morgan fingerprint density at radius 2 is 2.00 bits per heavy atom. The van der Waals surface area contributed by atoms with Crippen LogP contribution in [0.3, 0.4) is 0 Å². The molecule has 2 heteroatoms. The molecule has 0 saturated carbocycles. The van der Waals surface area contributed by atoms with Crippen LogP contribution in [0.5, 0.6) is 0 Å². The lowest BCUT2D eigenvalue weighted by Crippen LogP contribution is -2.50. The maximum absolute atomic E-state index is 3.77. The van der Waals surface area contributed by atoms with Crippen LogP contribution >= 0.6 is 0 Å². The predicted octanol–water partition coefficient (Wildman–Crippen LogP) is 3.03. The van der Waals surface area contributed by atoms with E-state index in [1.807, 2.05) is 0 Å². The SMILES string of the molecule is CCCCN(CC)CC1(CCC)CCCN1. The maximum atomic E-state index is 3.77. The Kier molecular flexibility index (Phi) is 6.37. The highest BCUT2D eigenvalue weighted by molar-refractivity contribution is 4.95. The van der Waals surface area contributed by atoms with E-state index in [2.05, 4.69) is 31.0 Å². The van der Waals surface area contributed by atoms with Crippen LogP contribution in [0, 0.1) is 0 Å². The molecule has 96 valence electrons. The number of hydrogen-bond donors (Lipinski definition) is 1. The van der Waals surface area contributed by atoms with E-state index in [4.69, 9.17) is 0 Å². The number of hydrogen-bond acceptors (Lipinski definition) is 2. The van der Waals surface area contributed by atoms with Gasteiger partial charge in [0.15, 0.2) is 0 Å². The van der Waals surface area contributed by atoms with Gasteiger partial charge in [0, 0.05) is 12.1 Å². The number of likely N-dealkylation sites (N-methyl/N-ethyl adjacent to an activating group) is 1. The molecule has 1 aliphatic heterocycles. The molecule has 1 fully saturated rings. The van der Waals surface area contributed by atoms with Crippen molar-refractivity contribution in [2.24, 2.45) is 0 Å². The van der Waals surface area contributed by atoms with E-state index in [9.17, 15) is 0 Å². The minimum Gasteiger partial charge on any atom is -0.310 e. The highest BCUT2D eigenvalue weighted by atomic mass is 15.2. The average Bonchev–Trinajstić information content (AvgIpc) is 2.73. The number of nitrogens with one attached hydrogen (secondary N) is 1. The van der Waals surface area contributed by atoms with Gasteiger partial charge in [0.2, 0.25) is 0 Å². The Morgan fingerprint density at radius 3 is 2.50 bits per heavy atom. The number of rotatable bonds is 8.